The van der Waals surface area contributed by atoms with Gasteiger partial charge in [-0.3, -0.25) is 9.35 Å². The third-order valence-corrected chi connectivity index (χ3v) is 4.55. The van der Waals surface area contributed by atoms with Gasteiger partial charge in [-0.15, -0.1) is 0 Å². The predicted molar refractivity (Wildman–Crippen MR) is 94.2 cm³/mol. The molecule has 0 aromatic heterocycles. The number of carbonyl (C=O) groups excluding carboxylic acids is 1. The molecule has 0 aliphatic rings. The van der Waals surface area contributed by atoms with Crippen molar-refractivity contribution in [1.82, 2.24) is 0 Å². The van der Waals surface area contributed by atoms with Gasteiger partial charge in [0, 0.05) is 16.6 Å². The third-order valence-electron chi connectivity index (χ3n) is 3.65. The second-order valence-electron chi connectivity index (χ2n) is 5.37. The first-order chi connectivity index (χ1) is 11.8. The van der Waals surface area contributed by atoms with Crippen LogP contribution >= 0.6 is 0 Å². The van der Waals surface area contributed by atoms with Crippen molar-refractivity contribution in [2.75, 3.05) is 11.1 Å². The van der Waals surface area contributed by atoms with E-state index in [1.807, 2.05) is 0 Å². The molecule has 25 heavy (non-hydrogen) atoms. The summed E-state index contributed by atoms with van der Waals surface area (Å²) in [6, 6.07) is 13.2. The van der Waals surface area contributed by atoms with Crippen LogP contribution in [-0.4, -0.2) is 24.0 Å². The maximum Gasteiger partial charge on any atom is 0.295 e. The highest BCUT2D eigenvalue weighted by Gasteiger charge is 2.20. The lowest BCUT2D eigenvalue weighted by Crippen LogP contribution is -2.13. The van der Waals surface area contributed by atoms with Gasteiger partial charge in [0.15, 0.2) is 0 Å². The summed E-state index contributed by atoms with van der Waals surface area (Å²) in [5.74, 6) is -0.916. The quantitative estimate of drug-likeness (QED) is 0.323. The number of phenolic OH excluding ortho intramolecular Hbond substituents is 1. The Bertz CT molecular complexity index is 1090. The van der Waals surface area contributed by atoms with Crippen LogP contribution in [0.2, 0.25) is 0 Å². The highest BCUT2D eigenvalue weighted by Crippen LogP contribution is 2.36. The number of benzene rings is 3. The lowest BCUT2D eigenvalue weighted by molar-refractivity contribution is 0.102. The van der Waals surface area contributed by atoms with Crippen LogP contribution in [0.1, 0.15) is 10.4 Å². The monoisotopic (exact) mass is 358 g/mol. The number of fused-ring (bicyclic) bond motifs is 1. The molecule has 0 atom stereocenters. The van der Waals surface area contributed by atoms with Crippen LogP contribution in [0.25, 0.3) is 10.8 Å². The number of nitrogens with two attached hydrogens (primary N) is 1. The van der Waals surface area contributed by atoms with Crippen molar-refractivity contribution in [2.45, 2.75) is 4.90 Å². The molecular weight excluding hydrogens is 344 g/mol. The fraction of sp³-hybridized carbons (Fsp3) is 0. The van der Waals surface area contributed by atoms with Crippen LogP contribution in [0.3, 0.4) is 0 Å². The summed E-state index contributed by atoms with van der Waals surface area (Å²) in [5.41, 5.74) is 6.16. The molecule has 0 saturated heterocycles. The zero-order valence-electron chi connectivity index (χ0n) is 12.8. The van der Waals surface area contributed by atoms with E-state index in [-0.39, 0.29) is 22.4 Å². The molecule has 7 nitrogen and oxygen atoms in total. The molecule has 0 fully saturated rings. The van der Waals surface area contributed by atoms with Gasteiger partial charge >= 0.3 is 0 Å². The van der Waals surface area contributed by atoms with Crippen LogP contribution in [-0.2, 0) is 10.1 Å². The molecular formula is C17H14N2O5S. The first-order valence-electron chi connectivity index (χ1n) is 7.16. The van der Waals surface area contributed by atoms with Gasteiger partial charge in [-0.25, -0.2) is 0 Å². The molecule has 0 saturated carbocycles. The molecule has 8 heteroatoms. The van der Waals surface area contributed by atoms with Gasteiger partial charge in [0.1, 0.15) is 10.6 Å². The van der Waals surface area contributed by atoms with E-state index in [0.29, 0.717) is 11.1 Å². The standard InChI is InChI=1S/C17H14N2O5S/c18-12-5-1-4-11(9-12)17(21)19-16-13(20)8-7-10-3-2-6-14(15(10)16)25(22,23)24/h1-9,20H,18H2,(H,19,21)(H,22,23,24). The maximum atomic E-state index is 12.4. The lowest BCUT2D eigenvalue weighted by atomic mass is 10.1. The molecule has 3 aromatic carbocycles. The third kappa shape index (κ3) is 3.25. The van der Waals surface area contributed by atoms with Crippen LogP contribution in [0, 0.1) is 0 Å². The van der Waals surface area contributed by atoms with E-state index in [2.05, 4.69) is 5.32 Å². The Kier molecular flexibility index (Phi) is 4.07. The summed E-state index contributed by atoms with van der Waals surface area (Å²) in [6.45, 7) is 0. The predicted octanol–water partition coefficient (Wildman–Crippen LogP) is 2.63. The second kappa shape index (κ2) is 6.08. The maximum absolute atomic E-state index is 12.4. The van der Waals surface area contributed by atoms with Gasteiger partial charge < -0.3 is 16.2 Å². The fourth-order valence-corrected chi connectivity index (χ4v) is 3.27. The van der Waals surface area contributed by atoms with Gasteiger partial charge in [-0.1, -0.05) is 24.3 Å². The van der Waals surface area contributed by atoms with Gasteiger partial charge in [0.05, 0.1) is 5.69 Å². The van der Waals surface area contributed by atoms with Gasteiger partial charge in [-0.2, -0.15) is 8.42 Å². The van der Waals surface area contributed by atoms with Crippen LogP contribution < -0.4 is 11.1 Å². The molecule has 128 valence electrons. The SMILES string of the molecule is Nc1cccc(C(=O)Nc2c(O)ccc3cccc(S(=O)(=O)O)c23)c1. The van der Waals surface area contributed by atoms with Crippen LogP contribution in [0.15, 0.2) is 59.5 Å². The molecule has 0 bridgehead atoms. The Morgan fingerprint density at radius 1 is 1.04 bits per heavy atom. The number of aromatic hydroxyl groups is 1. The summed E-state index contributed by atoms with van der Waals surface area (Å²) >= 11 is 0. The Morgan fingerprint density at radius 2 is 1.76 bits per heavy atom. The average molecular weight is 358 g/mol. The number of rotatable bonds is 3. The highest BCUT2D eigenvalue weighted by molar-refractivity contribution is 7.86. The van der Waals surface area contributed by atoms with E-state index >= 15 is 0 Å². The molecule has 3 aromatic rings. The number of phenols is 1. The molecule has 3 rings (SSSR count). The van der Waals surface area contributed by atoms with Crippen molar-refractivity contribution in [3.63, 3.8) is 0 Å². The minimum atomic E-state index is -4.56. The van der Waals surface area contributed by atoms with E-state index in [0.717, 1.165) is 0 Å². The fourth-order valence-electron chi connectivity index (χ4n) is 2.54. The van der Waals surface area contributed by atoms with Gasteiger partial charge in [0.2, 0.25) is 0 Å². The van der Waals surface area contributed by atoms with E-state index < -0.39 is 20.9 Å². The molecule has 0 heterocycles. The van der Waals surface area contributed by atoms with Crippen LogP contribution in [0.5, 0.6) is 5.75 Å². The zero-order chi connectivity index (χ0) is 18.2. The Morgan fingerprint density at radius 3 is 2.44 bits per heavy atom. The Balaban J connectivity index is 2.19. The Hall–Kier alpha value is -3.10. The summed E-state index contributed by atoms with van der Waals surface area (Å²) < 4.78 is 32.8. The molecule has 0 aliphatic carbocycles. The van der Waals surface area contributed by atoms with Crippen molar-refractivity contribution in [3.05, 3.63) is 60.2 Å². The van der Waals surface area contributed by atoms with Crippen molar-refractivity contribution in [2.24, 2.45) is 0 Å². The second-order valence-corrected chi connectivity index (χ2v) is 6.76. The Labute approximate surface area is 143 Å². The molecule has 1 amide bonds. The van der Waals surface area contributed by atoms with Crippen molar-refractivity contribution in [1.29, 1.82) is 0 Å². The molecule has 0 radical (unpaired) electrons. The largest absolute Gasteiger partial charge is 0.506 e. The zero-order valence-corrected chi connectivity index (χ0v) is 13.6. The minimum absolute atomic E-state index is 0.0160. The normalized spacial score (nSPS) is 11.4. The number of hydrogen-bond donors (Lipinski definition) is 4. The smallest absolute Gasteiger partial charge is 0.295 e. The molecule has 0 unspecified atom stereocenters. The summed E-state index contributed by atoms with van der Waals surface area (Å²) in [4.78, 5) is 12.0. The first-order valence-corrected chi connectivity index (χ1v) is 8.60. The minimum Gasteiger partial charge on any atom is -0.506 e. The highest BCUT2D eigenvalue weighted by atomic mass is 32.2. The molecule has 0 spiro atoms. The topological polar surface area (TPSA) is 130 Å². The number of anilines is 2. The summed E-state index contributed by atoms with van der Waals surface area (Å²) in [6.07, 6.45) is 0. The number of nitrogens with one attached hydrogen (secondary N) is 1. The summed E-state index contributed by atoms with van der Waals surface area (Å²) in [5, 5.41) is 13.1. The van der Waals surface area contributed by atoms with E-state index in [9.17, 15) is 22.9 Å². The number of carbonyl (C=O) groups is 1. The van der Waals surface area contributed by atoms with E-state index in [1.54, 1.807) is 18.2 Å². The van der Waals surface area contributed by atoms with Crippen molar-refractivity contribution < 1.29 is 22.9 Å². The van der Waals surface area contributed by atoms with E-state index in [4.69, 9.17) is 5.73 Å². The number of amides is 1. The number of nitrogen functional groups attached to an aromatic ring is 1. The van der Waals surface area contributed by atoms with Crippen molar-refractivity contribution >= 4 is 38.2 Å². The van der Waals surface area contributed by atoms with Gasteiger partial charge in [0.25, 0.3) is 16.0 Å². The molecule has 0 aliphatic heterocycles. The first kappa shape index (κ1) is 16.7. The average Bonchev–Trinajstić information content (AvgIpc) is 2.56. The molecule has 5 N–H and O–H groups in total. The van der Waals surface area contributed by atoms with Crippen LogP contribution in [0.4, 0.5) is 11.4 Å². The number of hydrogen-bond acceptors (Lipinski definition) is 5. The van der Waals surface area contributed by atoms with Gasteiger partial charge in [-0.05, 0) is 35.7 Å². The summed E-state index contributed by atoms with van der Waals surface area (Å²) in [7, 11) is -4.56. The van der Waals surface area contributed by atoms with E-state index in [1.165, 1.54) is 36.4 Å². The lowest BCUT2D eigenvalue weighted by Gasteiger charge is -2.13. The van der Waals surface area contributed by atoms with Crippen molar-refractivity contribution in [3.8, 4) is 5.75 Å².